The van der Waals surface area contributed by atoms with Gasteiger partial charge in [0.1, 0.15) is 5.60 Å². The molecule has 0 aromatic heterocycles. The van der Waals surface area contributed by atoms with Crippen molar-refractivity contribution in [2.75, 3.05) is 6.61 Å². The van der Waals surface area contributed by atoms with Crippen LogP contribution >= 0.6 is 0 Å². The highest BCUT2D eigenvalue weighted by atomic mass is 16.6. The quantitative estimate of drug-likeness (QED) is 0.421. The molecule has 4 aliphatic rings. The zero-order valence-corrected chi connectivity index (χ0v) is 21.8. The second kappa shape index (κ2) is 8.99. The van der Waals surface area contributed by atoms with Crippen molar-refractivity contribution in [1.82, 2.24) is 0 Å². The summed E-state index contributed by atoms with van der Waals surface area (Å²) in [6.07, 6.45) is 12.1. The van der Waals surface area contributed by atoms with Crippen LogP contribution in [0.25, 0.3) is 0 Å². The summed E-state index contributed by atoms with van der Waals surface area (Å²) in [6.45, 7) is 19.0. The molecular formula is C28H50O3. The first-order chi connectivity index (χ1) is 14.3. The number of hydrogen-bond donors (Lipinski definition) is 0. The Morgan fingerprint density at radius 3 is 1.61 bits per heavy atom. The van der Waals surface area contributed by atoms with Crippen molar-refractivity contribution in [2.24, 2.45) is 34.5 Å². The molecule has 4 rings (SSSR count). The third-order valence-corrected chi connectivity index (χ3v) is 8.95. The lowest BCUT2D eigenvalue weighted by molar-refractivity contribution is -0.153. The van der Waals surface area contributed by atoms with Gasteiger partial charge in [0.15, 0.2) is 0 Å². The fourth-order valence-electron chi connectivity index (χ4n) is 7.00. The Kier molecular flexibility index (Phi) is 7.27. The van der Waals surface area contributed by atoms with E-state index in [1.54, 1.807) is 0 Å². The van der Waals surface area contributed by atoms with E-state index in [4.69, 9.17) is 9.47 Å². The van der Waals surface area contributed by atoms with Crippen molar-refractivity contribution < 1.29 is 14.3 Å². The predicted molar refractivity (Wildman–Crippen MR) is 128 cm³/mol. The number of esters is 1. The molecule has 0 unspecified atom stereocenters. The van der Waals surface area contributed by atoms with Gasteiger partial charge >= 0.3 is 5.97 Å². The minimum Gasteiger partial charge on any atom is -0.459 e. The summed E-state index contributed by atoms with van der Waals surface area (Å²) in [4.78, 5) is 12.0. The molecule has 0 bridgehead atoms. The first kappa shape index (κ1) is 25.1. The molecule has 0 atom stereocenters. The highest BCUT2D eigenvalue weighted by molar-refractivity contribution is 5.79. The summed E-state index contributed by atoms with van der Waals surface area (Å²) in [5.74, 6) is 3.43. The first-order valence-electron chi connectivity index (χ1n) is 13.1. The van der Waals surface area contributed by atoms with Gasteiger partial charge in [0.05, 0.1) is 17.6 Å². The van der Waals surface area contributed by atoms with Crippen LogP contribution in [0.5, 0.6) is 0 Å². The smallest absolute Gasteiger partial charge is 0.312 e. The highest BCUT2D eigenvalue weighted by Gasteiger charge is 2.53. The van der Waals surface area contributed by atoms with E-state index in [-0.39, 0.29) is 22.6 Å². The van der Waals surface area contributed by atoms with E-state index in [1.807, 2.05) is 13.8 Å². The fourth-order valence-corrected chi connectivity index (χ4v) is 7.00. The standard InChI is InChI=1S/C14H24O2.C14H26O/c1-10(2)11-5-7-14(8-6-11)9-13(3,4)16-12(14)15;1-11(2)12-5-7-14(8-6-12)9-13(3,4)10-15-14/h10-11H,5-9H2,1-4H3;11-12H,5-10H2,1-4H3. The van der Waals surface area contributed by atoms with Crippen LogP contribution in [0.4, 0.5) is 0 Å². The largest absolute Gasteiger partial charge is 0.459 e. The van der Waals surface area contributed by atoms with Gasteiger partial charge in [-0.15, -0.1) is 0 Å². The number of carbonyl (C=O) groups excluding carboxylic acids is 1. The average Bonchev–Trinajstić information content (AvgIpc) is 3.08. The van der Waals surface area contributed by atoms with Crippen LogP contribution in [0.2, 0.25) is 0 Å². The van der Waals surface area contributed by atoms with Gasteiger partial charge in [0, 0.05) is 6.42 Å². The third-order valence-electron chi connectivity index (χ3n) is 8.95. The van der Waals surface area contributed by atoms with Gasteiger partial charge in [-0.25, -0.2) is 0 Å². The second-order valence-corrected chi connectivity index (χ2v) is 13.6. The fraction of sp³-hybridized carbons (Fsp3) is 0.964. The van der Waals surface area contributed by atoms with Crippen LogP contribution < -0.4 is 0 Å². The molecule has 2 aliphatic heterocycles. The summed E-state index contributed by atoms with van der Waals surface area (Å²) in [5, 5.41) is 0. The normalized spacial score (nSPS) is 39.1. The van der Waals surface area contributed by atoms with E-state index < -0.39 is 0 Å². The van der Waals surface area contributed by atoms with Gasteiger partial charge in [-0.05, 0) is 101 Å². The molecule has 2 heterocycles. The number of carbonyl (C=O) groups is 1. The van der Waals surface area contributed by atoms with Crippen LogP contribution in [-0.4, -0.2) is 23.8 Å². The number of ether oxygens (including phenoxy) is 2. The molecule has 0 radical (unpaired) electrons. The molecule has 3 heteroatoms. The highest BCUT2D eigenvalue weighted by Crippen LogP contribution is 2.52. The SMILES string of the molecule is CC(C)C1CCC2(CC1)CC(C)(C)CO2.CC(C)C1CCC2(CC1)CC(C)(C)OC2=O. The van der Waals surface area contributed by atoms with Gasteiger partial charge in [-0.3, -0.25) is 4.79 Å². The van der Waals surface area contributed by atoms with Crippen molar-refractivity contribution in [2.45, 2.75) is 131 Å². The lowest BCUT2D eigenvalue weighted by Gasteiger charge is -2.38. The topological polar surface area (TPSA) is 35.5 Å². The van der Waals surface area contributed by atoms with Crippen LogP contribution in [0.1, 0.15) is 120 Å². The van der Waals surface area contributed by atoms with Crippen molar-refractivity contribution in [3.05, 3.63) is 0 Å². The van der Waals surface area contributed by atoms with E-state index in [9.17, 15) is 4.79 Å². The summed E-state index contributed by atoms with van der Waals surface area (Å²) in [5.41, 5.74) is 0.330. The van der Waals surface area contributed by atoms with Crippen molar-refractivity contribution in [3.63, 3.8) is 0 Å². The molecular weight excluding hydrogens is 384 g/mol. The zero-order chi connectivity index (χ0) is 23.1. The number of cyclic esters (lactones) is 1. The maximum Gasteiger partial charge on any atom is 0.312 e. The van der Waals surface area contributed by atoms with E-state index in [0.717, 1.165) is 49.5 Å². The minimum atomic E-state index is -0.234. The molecule has 2 spiro atoms. The van der Waals surface area contributed by atoms with E-state index in [1.165, 1.54) is 44.9 Å². The average molecular weight is 435 g/mol. The van der Waals surface area contributed by atoms with E-state index in [2.05, 4.69) is 41.5 Å². The lowest BCUT2D eigenvalue weighted by Crippen LogP contribution is -2.35. The van der Waals surface area contributed by atoms with E-state index in [0.29, 0.717) is 5.41 Å². The molecule has 0 N–H and O–H groups in total. The summed E-state index contributed by atoms with van der Waals surface area (Å²) in [7, 11) is 0. The molecule has 0 amide bonds. The molecule has 2 saturated heterocycles. The minimum absolute atomic E-state index is 0.0692. The Morgan fingerprint density at radius 2 is 1.26 bits per heavy atom. The molecule has 4 fully saturated rings. The summed E-state index contributed by atoms with van der Waals surface area (Å²) in [6, 6.07) is 0. The Bertz CT molecular complexity index is 614. The Balaban J connectivity index is 0.000000176. The van der Waals surface area contributed by atoms with Gasteiger partial charge in [-0.2, -0.15) is 0 Å². The number of rotatable bonds is 2. The maximum absolute atomic E-state index is 12.0. The first-order valence-corrected chi connectivity index (χ1v) is 13.1. The van der Waals surface area contributed by atoms with Gasteiger partial charge in [-0.1, -0.05) is 41.5 Å². The zero-order valence-electron chi connectivity index (χ0n) is 21.8. The monoisotopic (exact) mass is 434 g/mol. The summed E-state index contributed by atoms with van der Waals surface area (Å²) < 4.78 is 11.6. The summed E-state index contributed by atoms with van der Waals surface area (Å²) >= 11 is 0. The third kappa shape index (κ3) is 5.87. The second-order valence-electron chi connectivity index (χ2n) is 13.6. The molecule has 3 nitrogen and oxygen atoms in total. The molecule has 2 aliphatic carbocycles. The molecule has 31 heavy (non-hydrogen) atoms. The van der Waals surface area contributed by atoms with Gasteiger partial charge in [0.2, 0.25) is 0 Å². The van der Waals surface area contributed by atoms with Crippen LogP contribution in [0.15, 0.2) is 0 Å². The molecule has 0 aromatic rings. The Morgan fingerprint density at radius 1 is 0.774 bits per heavy atom. The van der Waals surface area contributed by atoms with Gasteiger partial charge < -0.3 is 9.47 Å². The van der Waals surface area contributed by atoms with E-state index >= 15 is 0 Å². The Labute approximate surface area is 192 Å². The molecule has 0 aromatic carbocycles. The lowest BCUT2D eigenvalue weighted by atomic mass is 9.66. The van der Waals surface area contributed by atoms with Crippen molar-refractivity contribution >= 4 is 5.97 Å². The predicted octanol–water partition coefficient (Wildman–Crippen LogP) is 7.56. The number of hydrogen-bond acceptors (Lipinski definition) is 3. The van der Waals surface area contributed by atoms with Gasteiger partial charge in [0.25, 0.3) is 0 Å². The van der Waals surface area contributed by atoms with Crippen molar-refractivity contribution in [1.29, 1.82) is 0 Å². The van der Waals surface area contributed by atoms with Crippen LogP contribution in [-0.2, 0) is 14.3 Å². The van der Waals surface area contributed by atoms with Crippen LogP contribution in [0, 0.1) is 34.5 Å². The maximum atomic E-state index is 12.0. The van der Waals surface area contributed by atoms with Crippen LogP contribution in [0.3, 0.4) is 0 Å². The molecule has 2 saturated carbocycles. The Hall–Kier alpha value is -0.570. The van der Waals surface area contributed by atoms with Crippen molar-refractivity contribution in [3.8, 4) is 0 Å². The molecule has 180 valence electrons.